The van der Waals surface area contributed by atoms with E-state index in [-0.39, 0.29) is 10.6 Å². The average Bonchev–Trinajstić information content (AvgIpc) is 2.96. The summed E-state index contributed by atoms with van der Waals surface area (Å²) in [5, 5.41) is 2.82. The number of amides is 1. The van der Waals surface area contributed by atoms with Gasteiger partial charge >= 0.3 is 0 Å². The third kappa shape index (κ3) is 7.13. The number of thioether (sulfide) groups is 1. The van der Waals surface area contributed by atoms with Gasteiger partial charge in [-0.25, -0.2) is 8.42 Å². The molecule has 0 aromatic heterocycles. The molecule has 0 aliphatic heterocycles. The summed E-state index contributed by atoms with van der Waals surface area (Å²) in [7, 11) is -1.21. The number of benzene rings is 4. The molecule has 4 aromatic carbocycles. The Morgan fingerprint density at radius 2 is 1.51 bits per heavy atom. The van der Waals surface area contributed by atoms with E-state index in [4.69, 9.17) is 9.47 Å². The molecule has 0 atom stereocenters. The number of carbonyl (C=O) groups excluding carboxylic acids is 1. The summed E-state index contributed by atoms with van der Waals surface area (Å²) < 4.78 is 39.1. The van der Waals surface area contributed by atoms with Crippen molar-refractivity contribution in [3.05, 3.63) is 108 Å². The first-order chi connectivity index (χ1) is 18.8. The van der Waals surface area contributed by atoms with Gasteiger partial charge in [0, 0.05) is 22.4 Å². The van der Waals surface area contributed by atoms with Crippen LogP contribution in [0.15, 0.2) is 107 Å². The number of aryl methyl sites for hydroxylation is 1. The van der Waals surface area contributed by atoms with Crippen molar-refractivity contribution in [3.8, 4) is 11.5 Å². The van der Waals surface area contributed by atoms with Crippen LogP contribution in [0.5, 0.6) is 11.5 Å². The number of ether oxygens (including phenoxy) is 2. The van der Waals surface area contributed by atoms with Gasteiger partial charge in [0.25, 0.3) is 10.0 Å². The molecule has 0 unspecified atom stereocenters. The first-order valence-electron chi connectivity index (χ1n) is 12.2. The van der Waals surface area contributed by atoms with Gasteiger partial charge in [0.15, 0.2) is 11.5 Å². The SMILES string of the molecule is COc1ccc(S(=O)(=O)N(CC(=O)Nc2ccc(CSc3ccccc3)cc2)c2ccc(C)cc2)cc1OC. The number of rotatable bonds is 11. The molecular weight excluding hydrogens is 532 g/mol. The van der Waals surface area contributed by atoms with Crippen LogP contribution in [0.4, 0.5) is 11.4 Å². The lowest BCUT2D eigenvalue weighted by atomic mass is 10.2. The zero-order chi connectivity index (χ0) is 27.8. The Balaban J connectivity index is 1.52. The molecule has 4 rings (SSSR count). The van der Waals surface area contributed by atoms with Crippen LogP contribution in [0.2, 0.25) is 0 Å². The van der Waals surface area contributed by atoms with E-state index in [9.17, 15) is 13.2 Å². The summed E-state index contributed by atoms with van der Waals surface area (Å²) in [4.78, 5) is 14.3. The Morgan fingerprint density at radius 1 is 0.846 bits per heavy atom. The van der Waals surface area contributed by atoms with Crippen LogP contribution in [0.3, 0.4) is 0 Å². The Hall–Kier alpha value is -3.95. The Kier molecular flexibility index (Phi) is 9.16. The van der Waals surface area contributed by atoms with Crippen molar-refractivity contribution in [1.29, 1.82) is 0 Å². The molecule has 0 aliphatic carbocycles. The van der Waals surface area contributed by atoms with Crippen LogP contribution in [0, 0.1) is 6.92 Å². The summed E-state index contributed by atoms with van der Waals surface area (Å²) in [6, 6.07) is 29.0. The number of nitrogens with zero attached hydrogens (tertiary/aromatic N) is 1. The number of nitrogens with one attached hydrogen (secondary N) is 1. The van der Waals surface area contributed by atoms with E-state index in [1.165, 1.54) is 37.3 Å². The van der Waals surface area contributed by atoms with Crippen molar-refractivity contribution in [2.75, 3.05) is 30.4 Å². The standard InChI is InChI=1S/C30H30N2O5S2/c1-22-9-15-25(16-10-22)32(39(34,35)27-17-18-28(36-2)29(19-27)37-3)20-30(33)31-24-13-11-23(12-14-24)21-38-26-7-5-4-6-8-26/h4-19H,20-21H2,1-3H3,(H,31,33). The molecule has 0 bridgehead atoms. The molecule has 0 spiro atoms. The molecule has 202 valence electrons. The molecule has 1 N–H and O–H groups in total. The topological polar surface area (TPSA) is 84.9 Å². The second-order valence-electron chi connectivity index (χ2n) is 8.71. The van der Waals surface area contributed by atoms with Gasteiger partial charge in [-0.2, -0.15) is 0 Å². The highest BCUT2D eigenvalue weighted by atomic mass is 32.2. The van der Waals surface area contributed by atoms with Crippen molar-refractivity contribution >= 4 is 39.1 Å². The van der Waals surface area contributed by atoms with Crippen molar-refractivity contribution in [2.45, 2.75) is 22.5 Å². The first-order valence-corrected chi connectivity index (χ1v) is 14.6. The molecule has 0 fully saturated rings. The van der Waals surface area contributed by atoms with Crippen LogP contribution in [0.25, 0.3) is 0 Å². The van der Waals surface area contributed by atoms with Crippen molar-refractivity contribution in [2.24, 2.45) is 0 Å². The number of hydrogen-bond donors (Lipinski definition) is 1. The second-order valence-corrected chi connectivity index (χ2v) is 11.6. The minimum absolute atomic E-state index is 0.0196. The van der Waals surface area contributed by atoms with Gasteiger partial charge in [0.1, 0.15) is 6.54 Å². The molecule has 39 heavy (non-hydrogen) atoms. The Bertz CT molecular complexity index is 1510. The molecule has 1 amide bonds. The van der Waals surface area contributed by atoms with Crippen molar-refractivity contribution in [1.82, 2.24) is 0 Å². The van der Waals surface area contributed by atoms with E-state index in [0.29, 0.717) is 17.1 Å². The van der Waals surface area contributed by atoms with Gasteiger partial charge in [0.2, 0.25) is 5.91 Å². The molecule has 7 nitrogen and oxygen atoms in total. The zero-order valence-electron chi connectivity index (χ0n) is 22.0. The lowest BCUT2D eigenvalue weighted by molar-refractivity contribution is -0.114. The number of carbonyl (C=O) groups is 1. The zero-order valence-corrected chi connectivity index (χ0v) is 23.6. The highest BCUT2D eigenvalue weighted by Crippen LogP contribution is 2.32. The Labute approximate surface area is 233 Å². The quantitative estimate of drug-likeness (QED) is 0.221. The first kappa shape index (κ1) is 28.1. The van der Waals surface area contributed by atoms with E-state index in [1.54, 1.807) is 36.0 Å². The smallest absolute Gasteiger partial charge is 0.264 e. The highest BCUT2D eigenvalue weighted by Gasteiger charge is 2.28. The number of hydrogen-bond acceptors (Lipinski definition) is 6. The maximum absolute atomic E-state index is 13.8. The van der Waals surface area contributed by atoms with Crippen LogP contribution in [0.1, 0.15) is 11.1 Å². The average molecular weight is 563 g/mol. The fourth-order valence-electron chi connectivity index (χ4n) is 3.83. The minimum atomic E-state index is -4.12. The van der Waals surface area contributed by atoms with Gasteiger partial charge in [-0.15, -0.1) is 11.8 Å². The molecular formula is C30H30N2O5S2. The Morgan fingerprint density at radius 3 is 2.15 bits per heavy atom. The predicted molar refractivity (Wildman–Crippen MR) is 156 cm³/mol. The summed E-state index contributed by atoms with van der Waals surface area (Å²) in [6.45, 7) is 1.50. The third-order valence-electron chi connectivity index (χ3n) is 5.94. The summed E-state index contributed by atoms with van der Waals surface area (Å²) in [6.07, 6.45) is 0. The molecule has 4 aromatic rings. The molecule has 0 radical (unpaired) electrons. The highest BCUT2D eigenvalue weighted by molar-refractivity contribution is 7.98. The maximum Gasteiger partial charge on any atom is 0.264 e. The van der Waals surface area contributed by atoms with E-state index in [0.717, 1.165) is 21.2 Å². The number of sulfonamides is 1. The molecule has 0 aliphatic rings. The molecule has 0 heterocycles. The summed E-state index contributed by atoms with van der Waals surface area (Å²) in [5.74, 6) is 1.01. The molecule has 9 heteroatoms. The lowest BCUT2D eigenvalue weighted by Crippen LogP contribution is -2.38. The van der Waals surface area contributed by atoms with Gasteiger partial charge < -0.3 is 14.8 Å². The van der Waals surface area contributed by atoms with Gasteiger partial charge in [-0.1, -0.05) is 48.0 Å². The number of anilines is 2. The van der Waals surface area contributed by atoms with Gasteiger partial charge in [0.05, 0.1) is 24.8 Å². The molecule has 0 saturated carbocycles. The van der Waals surface area contributed by atoms with E-state index < -0.39 is 22.5 Å². The third-order valence-corrected chi connectivity index (χ3v) is 8.79. The van der Waals surface area contributed by atoms with Crippen molar-refractivity contribution in [3.63, 3.8) is 0 Å². The summed E-state index contributed by atoms with van der Waals surface area (Å²) in [5.41, 5.74) is 3.04. The van der Waals surface area contributed by atoms with E-state index in [2.05, 4.69) is 17.4 Å². The monoisotopic (exact) mass is 562 g/mol. The summed E-state index contributed by atoms with van der Waals surface area (Å²) >= 11 is 1.73. The van der Waals surface area contributed by atoms with Crippen LogP contribution >= 0.6 is 11.8 Å². The number of methoxy groups -OCH3 is 2. The van der Waals surface area contributed by atoms with Gasteiger partial charge in [-0.3, -0.25) is 9.10 Å². The lowest BCUT2D eigenvalue weighted by Gasteiger charge is -2.24. The fraction of sp³-hybridized carbons (Fsp3) is 0.167. The van der Waals surface area contributed by atoms with Crippen LogP contribution < -0.4 is 19.1 Å². The minimum Gasteiger partial charge on any atom is -0.493 e. The maximum atomic E-state index is 13.8. The van der Waals surface area contributed by atoms with E-state index >= 15 is 0 Å². The van der Waals surface area contributed by atoms with Crippen LogP contribution in [-0.2, 0) is 20.6 Å². The van der Waals surface area contributed by atoms with E-state index in [1.807, 2.05) is 49.4 Å². The van der Waals surface area contributed by atoms with Crippen LogP contribution in [-0.4, -0.2) is 35.1 Å². The molecule has 0 saturated heterocycles. The fourth-order valence-corrected chi connectivity index (χ4v) is 6.14. The van der Waals surface area contributed by atoms with Gasteiger partial charge in [-0.05, 0) is 61.0 Å². The normalized spacial score (nSPS) is 11.1. The second kappa shape index (κ2) is 12.7. The predicted octanol–water partition coefficient (Wildman–Crippen LogP) is 6.14. The largest absolute Gasteiger partial charge is 0.493 e. The van der Waals surface area contributed by atoms with Crippen molar-refractivity contribution < 1.29 is 22.7 Å².